The molecule has 0 aliphatic carbocycles. The molecule has 2 aliphatic rings. The van der Waals surface area contributed by atoms with Gasteiger partial charge in [0, 0.05) is 14.1 Å². The first-order valence-corrected chi connectivity index (χ1v) is 9.56. The SMILES string of the molecule is COc1c(Nc2c3c(nc4c2C(=O)N(C)C4)NCCO3)cccc1-c1ncn(C)n1. The molecular weight excluding hydrogens is 386 g/mol. The number of hydrogen-bond acceptors (Lipinski definition) is 8. The standard InChI is InChI=1S/C20H21N7O3/c1-26-9-13-14(20(26)28)15(17-19(24-13)21-7-8-30-17)23-12-6-4-5-11(16(12)29-3)18-22-10-27(2)25-18/h4-6,10H,7-9H2,1-3H3,(H2,21,23,24). The van der Waals surface area contributed by atoms with Crippen molar-refractivity contribution in [1.29, 1.82) is 0 Å². The molecule has 0 saturated carbocycles. The van der Waals surface area contributed by atoms with Crippen LogP contribution in [0, 0.1) is 0 Å². The van der Waals surface area contributed by atoms with Crippen molar-refractivity contribution < 1.29 is 14.3 Å². The predicted molar refractivity (Wildman–Crippen MR) is 110 cm³/mol. The molecule has 2 aliphatic heterocycles. The lowest BCUT2D eigenvalue weighted by Gasteiger charge is -2.24. The summed E-state index contributed by atoms with van der Waals surface area (Å²) in [5.74, 6) is 2.19. The smallest absolute Gasteiger partial charge is 0.258 e. The third-order valence-electron chi connectivity index (χ3n) is 5.14. The Morgan fingerprint density at radius 2 is 2.17 bits per heavy atom. The maximum absolute atomic E-state index is 12.9. The van der Waals surface area contributed by atoms with Gasteiger partial charge in [-0.1, -0.05) is 6.07 Å². The second-order valence-corrected chi connectivity index (χ2v) is 7.18. The second-order valence-electron chi connectivity index (χ2n) is 7.18. The van der Waals surface area contributed by atoms with Crippen molar-refractivity contribution in [2.45, 2.75) is 6.54 Å². The zero-order valence-corrected chi connectivity index (χ0v) is 16.9. The summed E-state index contributed by atoms with van der Waals surface area (Å²) in [6.07, 6.45) is 1.63. The molecule has 10 heteroatoms. The van der Waals surface area contributed by atoms with Crippen LogP contribution in [0.2, 0.25) is 0 Å². The first kappa shape index (κ1) is 18.2. The van der Waals surface area contributed by atoms with Gasteiger partial charge < -0.3 is 25.0 Å². The molecule has 4 heterocycles. The number of aryl methyl sites for hydroxylation is 1. The van der Waals surface area contributed by atoms with Gasteiger partial charge in [0.1, 0.15) is 18.6 Å². The molecule has 10 nitrogen and oxygen atoms in total. The summed E-state index contributed by atoms with van der Waals surface area (Å²) in [6, 6.07) is 5.66. The van der Waals surface area contributed by atoms with Crippen LogP contribution in [-0.4, -0.2) is 57.9 Å². The minimum atomic E-state index is -0.0986. The lowest BCUT2D eigenvalue weighted by Crippen LogP contribution is -2.22. The zero-order chi connectivity index (χ0) is 20.8. The number of carbonyl (C=O) groups excluding carboxylic acids is 1. The monoisotopic (exact) mass is 407 g/mol. The van der Waals surface area contributed by atoms with Gasteiger partial charge in [-0.15, -0.1) is 0 Å². The van der Waals surface area contributed by atoms with Gasteiger partial charge in [-0.05, 0) is 12.1 Å². The number of anilines is 3. The summed E-state index contributed by atoms with van der Waals surface area (Å²) in [5.41, 5.74) is 3.23. The minimum Gasteiger partial charge on any atom is -0.494 e. The topological polar surface area (TPSA) is 106 Å². The predicted octanol–water partition coefficient (Wildman–Crippen LogP) is 2.02. The fourth-order valence-corrected chi connectivity index (χ4v) is 3.78. The van der Waals surface area contributed by atoms with Gasteiger partial charge >= 0.3 is 0 Å². The maximum atomic E-state index is 12.9. The van der Waals surface area contributed by atoms with Gasteiger partial charge in [0.2, 0.25) is 0 Å². The number of rotatable bonds is 4. The van der Waals surface area contributed by atoms with E-state index in [1.54, 1.807) is 30.1 Å². The normalized spacial score (nSPS) is 14.6. The summed E-state index contributed by atoms with van der Waals surface area (Å²) in [5, 5.41) is 11.0. The van der Waals surface area contributed by atoms with E-state index in [0.717, 1.165) is 5.56 Å². The quantitative estimate of drug-likeness (QED) is 0.677. The lowest BCUT2D eigenvalue weighted by atomic mass is 10.1. The van der Waals surface area contributed by atoms with Crippen LogP contribution in [-0.2, 0) is 13.6 Å². The van der Waals surface area contributed by atoms with Crippen molar-refractivity contribution in [1.82, 2.24) is 24.6 Å². The lowest BCUT2D eigenvalue weighted by molar-refractivity contribution is 0.0816. The van der Waals surface area contributed by atoms with Gasteiger partial charge in [-0.2, -0.15) is 5.10 Å². The van der Waals surface area contributed by atoms with E-state index in [1.165, 1.54) is 0 Å². The molecule has 3 aromatic rings. The number of aromatic nitrogens is 4. The van der Waals surface area contributed by atoms with E-state index in [-0.39, 0.29) is 5.91 Å². The molecule has 1 amide bonds. The molecule has 0 spiro atoms. The van der Waals surface area contributed by atoms with Crippen molar-refractivity contribution >= 4 is 23.1 Å². The fourth-order valence-electron chi connectivity index (χ4n) is 3.78. The van der Waals surface area contributed by atoms with Crippen LogP contribution < -0.4 is 20.1 Å². The molecule has 0 atom stereocenters. The number of carbonyl (C=O) groups is 1. The van der Waals surface area contributed by atoms with Crippen LogP contribution in [0.1, 0.15) is 16.1 Å². The van der Waals surface area contributed by atoms with Crippen molar-refractivity contribution in [2.75, 3.05) is 37.9 Å². The van der Waals surface area contributed by atoms with Gasteiger partial charge in [-0.3, -0.25) is 9.48 Å². The van der Waals surface area contributed by atoms with E-state index >= 15 is 0 Å². The third-order valence-corrected chi connectivity index (χ3v) is 5.14. The number of hydrogen-bond donors (Lipinski definition) is 2. The highest BCUT2D eigenvalue weighted by atomic mass is 16.5. The van der Waals surface area contributed by atoms with E-state index in [1.807, 2.05) is 25.2 Å². The Bertz CT molecular complexity index is 1160. The third kappa shape index (κ3) is 2.79. The van der Waals surface area contributed by atoms with Gasteiger partial charge in [-0.25, -0.2) is 9.97 Å². The molecule has 2 N–H and O–H groups in total. The Labute approximate surface area is 172 Å². The molecular formula is C20H21N7O3. The van der Waals surface area contributed by atoms with Crippen LogP contribution >= 0.6 is 0 Å². The summed E-state index contributed by atoms with van der Waals surface area (Å²) in [4.78, 5) is 23.4. The number of benzene rings is 1. The molecule has 154 valence electrons. The Balaban J connectivity index is 1.65. The number of nitrogens with one attached hydrogen (secondary N) is 2. The van der Waals surface area contributed by atoms with E-state index in [4.69, 9.17) is 9.47 Å². The highest BCUT2D eigenvalue weighted by molar-refractivity contribution is 6.06. The van der Waals surface area contributed by atoms with E-state index in [9.17, 15) is 4.79 Å². The molecule has 5 rings (SSSR count). The molecule has 0 fully saturated rings. The fraction of sp³-hybridized carbons (Fsp3) is 0.300. The Kier molecular flexibility index (Phi) is 4.19. The summed E-state index contributed by atoms with van der Waals surface area (Å²) < 4.78 is 13.2. The van der Waals surface area contributed by atoms with Crippen LogP contribution in [0.15, 0.2) is 24.5 Å². The average Bonchev–Trinajstić information content (AvgIpc) is 3.30. The average molecular weight is 407 g/mol. The van der Waals surface area contributed by atoms with E-state index in [0.29, 0.717) is 65.5 Å². The zero-order valence-electron chi connectivity index (χ0n) is 16.9. The first-order valence-electron chi connectivity index (χ1n) is 9.56. The van der Waals surface area contributed by atoms with Crippen molar-refractivity contribution in [3.8, 4) is 22.9 Å². The molecule has 0 unspecified atom stereocenters. The second kappa shape index (κ2) is 6.90. The minimum absolute atomic E-state index is 0.0986. The van der Waals surface area contributed by atoms with Crippen LogP contribution in [0.4, 0.5) is 17.2 Å². The molecule has 1 aromatic carbocycles. The number of fused-ring (bicyclic) bond motifs is 2. The summed E-state index contributed by atoms with van der Waals surface area (Å²) in [7, 11) is 5.16. The number of pyridine rings is 1. The Hall–Kier alpha value is -3.82. The van der Waals surface area contributed by atoms with E-state index in [2.05, 4.69) is 25.7 Å². The van der Waals surface area contributed by atoms with Gasteiger partial charge in [0.15, 0.2) is 23.1 Å². The van der Waals surface area contributed by atoms with Crippen LogP contribution in [0.3, 0.4) is 0 Å². The van der Waals surface area contributed by atoms with E-state index < -0.39 is 0 Å². The van der Waals surface area contributed by atoms with Crippen LogP contribution in [0.5, 0.6) is 11.5 Å². The number of methoxy groups -OCH3 is 1. The number of nitrogens with zero attached hydrogens (tertiary/aromatic N) is 5. The highest BCUT2D eigenvalue weighted by Gasteiger charge is 2.34. The van der Waals surface area contributed by atoms with Crippen molar-refractivity contribution in [3.63, 3.8) is 0 Å². The number of amides is 1. The molecule has 30 heavy (non-hydrogen) atoms. The Morgan fingerprint density at radius 1 is 1.30 bits per heavy atom. The maximum Gasteiger partial charge on any atom is 0.258 e. The first-order chi connectivity index (χ1) is 14.6. The molecule has 0 bridgehead atoms. The number of para-hydroxylation sites is 1. The molecule has 2 aromatic heterocycles. The highest BCUT2D eigenvalue weighted by Crippen LogP contribution is 2.45. The van der Waals surface area contributed by atoms with Gasteiger partial charge in [0.05, 0.1) is 42.7 Å². The van der Waals surface area contributed by atoms with Crippen LogP contribution in [0.25, 0.3) is 11.4 Å². The van der Waals surface area contributed by atoms with Crippen molar-refractivity contribution in [2.24, 2.45) is 7.05 Å². The summed E-state index contributed by atoms with van der Waals surface area (Å²) in [6.45, 7) is 1.60. The van der Waals surface area contributed by atoms with Gasteiger partial charge in [0.25, 0.3) is 5.91 Å². The molecule has 0 saturated heterocycles. The summed E-state index contributed by atoms with van der Waals surface area (Å²) >= 11 is 0. The number of ether oxygens (including phenoxy) is 2. The Morgan fingerprint density at radius 3 is 2.93 bits per heavy atom. The van der Waals surface area contributed by atoms with Crippen molar-refractivity contribution in [3.05, 3.63) is 35.8 Å². The molecule has 0 radical (unpaired) electrons. The largest absolute Gasteiger partial charge is 0.494 e.